The Bertz CT molecular complexity index is 553. The molecule has 0 saturated carbocycles. The molecule has 1 saturated heterocycles. The summed E-state index contributed by atoms with van der Waals surface area (Å²) in [6, 6.07) is 0. The molecule has 1 aliphatic heterocycles. The van der Waals surface area contributed by atoms with E-state index < -0.39 is 42.4 Å². The van der Waals surface area contributed by atoms with E-state index in [-0.39, 0.29) is 4.99 Å². The highest BCUT2D eigenvalue weighted by molar-refractivity contribution is 7.80. The first kappa shape index (κ1) is 18.4. The Balaban J connectivity index is 3.23. The molecule has 9 nitrogen and oxygen atoms in total. The first-order valence-electron chi connectivity index (χ1n) is 6.08. The third-order valence-corrected chi connectivity index (χ3v) is 3.28. The molecule has 0 amide bonds. The number of azide groups is 1. The molecular weight excluding hydrogens is 319 g/mol. The molecule has 122 valence electrons. The van der Waals surface area contributed by atoms with Crippen LogP contribution in [0.3, 0.4) is 0 Å². The molecule has 0 spiro atoms. The molecule has 11 heteroatoms. The van der Waals surface area contributed by atoms with E-state index in [9.17, 15) is 24.5 Å². The van der Waals surface area contributed by atoms with E-state index in [2.05, 4.69) is 10.0 Å². The number of nitrogens with zero attached hydrogens (tertiary/aromatic N) is 4. The first-order valence-corrected chi connectivity index (χ1v) is 6.49. The molecule has 4 atom stereocenters. The summed E-state index contributed by atoms with van der Waals surface area (Å²) < 4.78 is 18.7. The van der Waals surface area contributed by atoms with E-state index in [0.29, 0.717) is 6.20 Å². The van der Waals surface area contributed by atoms with Gasteiger partial charge in [-0.05, 0) is 12.5 Å². The molecule has 0 aromatic rings. The van der Waals surface area contributed by atoms with Crippen LogP contribution in [0.5, 0.6) is 0 Å². The van der Waals surface area contributed by atoms with Gasteiger partial charge in [0.15, 0.2) is 17.8 Å². The van der Waals surface area contributed by atoms with Gasteiger partial charge in [0.25, 0.3) is 0 Å². The zero-order valence-electron chi connectivity index (χ0n) is 11.7. The van der Waals surface area contributed by atoms with Crippen LogP contribution in [0.4, 0.5) is 4.39 Å². The van der Waals surface area contributed by atoms with Crippen LogP contribution < -0.4 is 0 Å². The summed E-state index contributed by atoms with van der Waals surface area (Å²) in [6.45, 7) is 1.44. The van der Waals surface area contributed by atoms with E-state index in [1.807, 2.05) is 0 Å². The minimum Gasteiger partial charge on any atom is -0.393 e. The molecule has 1 fully saturated rings. The zero-order chi connectivity index (χ0) is 17.1. The molecule has 0 aromatic heterocycles. The zero-order valence-corrected chi connectivity index (χ0v) is 12.6. The number of ketones is 1. The van der Waals surface area contributed by atoms with E-state index >= 15 is 0 Å². The highest BCUT2D eigenvalue weighted by atomic mass is 32.1. The fraction of sp³-hybridized carbons (Fsp3) is 0.636. The van der Waals surface area contributed by atoms with Gasteiger partial charge in [-0.3, -0.25) is 4.79 Å². The quantitative estimate of drug-likeness (QED) is 0.213. The average Bonchev–Trinajstić information content (AvgIpc) is 2.70. The molecule has 3 N–H and O–H groups in total. The molecule has 0 bridgehead atoms. The lowest BCUT2D eigenvalue weighted by atomic mass is 10.1. The molecule has 1 unspecified atom stereocenters. The largest absolute Gasteiger partial charge is 0.393 e. The van der Waals surface area contributed by atoms with Crippen molar-refractivity contribution in [3.8, 4) is 0 Å². The van der Waals surface area contributed by atoms with Crippen LogP contribution in [-0.2, 0) is 9.53 Å². The lowest BCUT2D eigenvalue weighted by Crippen LogP contribution is -2.45. The van der Waals surface area contributed by atoms with Crippen molar-refractivity contribution in [2.45, 2.75) is 38.0 Å². The predicted molar refractivity (Wildman–Crippen MR) is 75.8 cm³/mol. The van der Waals surface area contributed by atoms with Gasteiger partial charge in [-0.1, -0.05) is 17.3 Å². The number of rotatable bonds is 5. The SMILES string of the molecule is CC(=O)/C(F)=C\N(C(C)=S)[C@@H]1O[C@@](CO)(N=[N+]=[N-])C(O)[C@@H]1O. The van der Waals surface area contributed by atoms with Crippen molar-refractivity contribution >= 4 is 23.0 Å². The Morgan fingerprint density at radius 2 is 2.18 bits per heavy atom. The van der Waals surface area contributed by atoms with Crippen molar-refractivity contribution in [1.29, 1.82) is 0 Å². The van der Waals surface area contributed by atoms with Crippen LogP contribution in [0.2, 0.25) is 0 Å². The van der Waals surface area contributed by atoms with Crippen LogP contribution in [0, 0.1) is 0 Å². The smallest absolute Gasteiger partial charge is 0.200 e. The van der Waals surface area contributed by atoms with Gasteiger partial charge in [0.1, 0.15) is 12.2 Å². The maximum absolute atomic E-state index is 13.5. The highest BCUT2D eigenvalue weighted by Crippen LogP contribution is 2.34. The van der Waals surface area contributed by atoms with E-state index in [0.717, 1.165) is 11.8 Å². The Hall–Kier alpha value is -1.62. The molecule has 0 radical (unpaired) electrons. The fourth-order valence-corrected chi connectivity index (χ4v) is 2.03. The Morgan fingerprint density at radius 1 is 1.59 bits per heavy atom. The van der Waals surface area contributed by atoms with Crippen molar-refractivity contribution in [3.63, 3.8) is 0 Å². The van der Waals surface area contributed by atoms with E-state index in [1.54, 1.807) is 0 Å². The Labute approximate surface area is 130 Å². The van der Waals surface area contributed by atoms with Crippen molar-refractivity contribution in [1.82, 2.24) is 4.90 Å². The topological polar surface area (TPSA) is 139 Å². The highest BCUT2D eigenvalue weighted by Gasteiger charge is 2.55. The number of thiocarbonyl (C=S) groups is 1. The lowest BCUT2D eigenvalue weighted by molar-refractivity contribution is -0.125. The van der Waals surface area contributed by atoms with E-state index in [4.69, 9.17) is 22.5 Å². The number of allylic oxidation sites excluding steroid dienone is 1. The first-order chi connectivity index (χ1) is 10.2. The molecular formula is C11H15FN4O5S. The standard InChI is InChI=1S/C11H15FN4O5S/c1-5(18)7(12)3-16(6(2)22)10-8(19)9(20)11(4-17,21-10)14-15-13/h3,8-10,17,19-20H,4H2,1-2H3/b7-3+/t8-,9?,10+,11+/m0/s1. The number of carbonyl (C=O) groups excluding carboxylic acids is 1. The number of hydrogen-bond acceptors (Lipinski definition) is 7. The second-order valence-corrected chi connectivity index (χ2v) is 5.19. The van der Waals surface area contributed by atoms with Crippen molar-refractivity contribution < 1.29 is 29.2 Å². The summed E-state index contributed by atoms with van der Waals surface area (Å²) in [4.78, 5) is 14.3. The number of carbonyl (C=O) groups is 1. The molecule has 1 heterocycles. The molecule has 1 rings (SSSR count). The van der Waals surface area contributed by atoms with Crippen LogP contribution in [0.1, 0.15) is 13.8 Å². The van der Waals surface area contributed by atoms with Gasteiger partial charge in [0.2, 0.25) is 5.72 Å². The van der Waals surface area contributed by atoms with Gasteiger partial charge >= 0.3 is 0 Å². The summed E-state index contributed by atoms with van der Waals surface area (Å²) in [6.07, 6.45) is -4.19. The summed E-state index contributed by atoms with van der Waals surface area (Å²) >= 11 is 4.89. The summed E-state index contributed by atoms with van der Waals surface area (Å²) in [7, 11) is 0. The monoisotopic (exact) mass is 334 g/mol. The number of ether oxygens (including phenoxy) is 1. The van der Waals surface area contributed by atoms with Crippen molar-refractivity contribution in [2.75, 3.05) is 6.61 Å². The summed E-state index contributed by atoms with van der Waals surface area (Å²) in [5, 5.41) is 32.4. The van der Waals surface area contributed by atoms with Crippen LogP contribution in [0.15, 0.2) is 17.1 Å². The van der Waals surface area contributed by atoms with Crippen LogP contribution >= 0.6 is 12.2 Å². The molecule has 22 heavy (non-hydrogen) atoms. The minimum absolute atomic E-state index is 0.0160. The van der Waals surface area contributed by atoms with E-state index in [1.165, 1.54) is 6.92 Å². The Kier molecular flexibility index (Phi) is 5.94. The molecule has 0 aliphatic carbocycles. The lowest BCUT2D eigenvalue weighted by Gasteiger charge is -2.29. The fourth-order valence-electron chi connectivity index (χ4n) is 1.87. The van der Waals surface area contributed by atoms with Crippen molar-refractivity contribution in [3.05, 3.63) is 22.5 Å². The van der Waals surface area contributed by atoms with Crippen LogP contribution in [-0.4, -0.2) is 61.8 Å². The number of aliphatic hydroxyl groups excluding tert-OH is 3. The van der Waals surface area contributed by atoms with Gasteiger partial charge in [-0.2, -0.15) is 0 Å². The molecule has 0 aromatic carbocycles. The van der Waals surface area contributed by atoms with Gasteiger partial charge in [-0.15, -0.1) is 0 Å². The van der Waals surface area contributed by atoms with Gasteiger partial charge in [0, 0.05) is 18.0 Å². The second kappa shape index (κ2) is 7.09. The van der Waals surface area contributed by atoms with Gasteiger partial charge in [-0.25, -0.2) is 4.39 Å². The van der Waals surface area contributed by atoms with Gasteiger partial charge in [0.05, 0.1) is 11.6 Å². The summed E-state index contributed by atoms with van der Waals surface area (Å²) in [5.74, 6) is -2.03. The molecule has 1 aliphatic rings. The minimum atomic E-state index is -2.14. The van der Waals surface area contributed by atoms with Crippen molar-refractivity contribution in [2.24, 2.45) is 5.11 Å². The van der Waals surface area contributed by atoms with Gasteiger partial charge < -0.3 is 25.0 Å². The number of halogens is 1. The normalized spacial score (nSPS) is 31.5. The average molecular weight is 334 g/mol. The maximum Gasteiger partial charge on any atom is 0.200 e. The number of Topliss-reactive ketones (excluding diaryl/α,β-unsaturated/α-hetero) is 1. The number of aliphatic hydroxyl groups is 3. The Morgan fingerprint density at radius 3 is 2.59 bits per heavy atom. The second-order valence-electron chi connectivity index (χ2n) is 4.60. The number of hydrogen-bond donors (Lipinski definition) is 3. The maximum atomic E-state index is 13.5. The third-order valence-electron chi connectivity index (χ3n) is 3.07. The van der Waals surface area contributed by atoms with Crippen LogP contribution in [0.25, 0.3) is 10.4 Å². The third kappa shape index (κ3) is 3.40. The predicted octanol–water partition coefficient (Wildman–Crippen LogP) is 0.113. The summed E-state index contributed by atoms with van der Waals surface area (Å²) in [5.41, 5.74) is 6.36.